The zero-order valence-electron chi connectivity index (χ0n) is 6.22. The molecule has 0 saturated carbocycles. The fourth-order valence-electron chi connectivity index (χ4n) is 0.404. The molecule has 0 amide bonds. The number of rotatable bonds is 3. The maximum atomic E-state index is 12.2. The van der Waals surface area contributed by atoms with Gasteiger partial charge in [0.05, 0.1) is 0 Å². The molecule has 0 aromatic rings. The van der Waals surface area contributed by atoms with Crippen molar-refractivity contribution in [3.05, 3.63) is 18.1 Å². The van der Waals surface area contributed by atoms with Gasteiger partial charge in [-0.2, -0.15) is 17.6 Å². The Morgan fingerprint density at radius 3 is 1.69 bits per heavy atom. The Bertz CT molecular complexity index is 205. The molecule has 1 radical (unpaired) electrons. The van der Waals surface area contributed by atoms with E-state index >= 15 is 0 Å². The van der Waals surface area contributed by atoms with Gasteiger partial charge in [-0.3, -0.25) is 0 Å². The summed E-state index contributed by atoms with van der Waals surface area (Å²) in [4.78, 5) is 0. The van der Waals surface area contributed by atoms with Crippen LogP contribution in [-0.2, 0) is 0 Å². The van der Waals surface area contributed by atoms with Crippen molar-refractivity contribution in [3.63, 3.8) is 0 Å². The lowest BCUT2D eigenvalue weighted by molar-refractivity contribution is -0.0513. The Labute approximate surface area is 69.0 Å². The molecular weight excluding hydrogens is 205 g/mol. The van der Waals surface area contributed by atoms with E-state index in [2.05, 4.69) is 0 Å². The van der Waals surface area contributed by atoms with Crippen molar-refractivity contribution in [3.8, 4) is 0 Å². The van der Waals surface area contributed by atoms with Gasteiger partial charge in [0.15, 0.2) is 6.17 Å². The van der Waals surface area contributed by atoms with Crippen LogP contribution in [-0.4, -0.2) is 12.1 Å². The summed E-state index contributed by atoms with van der Waals surface area (Å²) in [5.41, 5.74) is 0. The minimum absolute atomic E-state index is 0.225. The van der Waals surface area contributed by atoms with E-state index in [4.69, 9.17) is 0 Å². The summed E-state index contributed by atoms with van der Waals surface area (Å²) in [6.45, 7) is 0.225. The molecule has 0 aliphatic rings. The standard InChI is InChI=1S/C6H4F7/c1-2(7)6(12,13)4(9)3(8)5(10)11/h2H,1H3. The van der Waals surface area contributed by atoms with E-state index in [1.54, 1.807) is 0 Å². The van der Waals surface area contributed by atoms with E-state index in [0.29, 0.717) is 0 Å². The van der Waals surface area contributed by atoms with Gasteiger partial charge >= 0.3 is 12.3 Å². The smallest absolute Gasteiger partial charge is 0.241 e. The summed E-state index contributed by atoms with van der Waals surface area (Å²) in [6, 6.07) is 0. The first-order chi connectivity index (χ1) is 5.71. The summed E-state index contributed by atoms with van der Waals surface area (Å²) in [7, 11) is 0. The molecule has 0 aromatic heterocycles. The van der Waals surface area contributed by atoms with Gasteiger partial charge in [-0.25, -0.2) is 13.2 Å². The molecule has 7 heteroatoms. The molecule has 0 rings (SSSR count). The van der Waals surface area contributed by atoms with Gasteiger partial charge < -0.3 is 0 Å². The van der Waals surface area contributed by atoms with Crippen LogP contribution in [0.1, 0.15) is 6.92 Å². The van der Waals surface area contributed by atoms with E-state index in [0.717, 1.165) is 0 Å². The third kappa shape index (κ3) is 2.60. The molecule has 0 spiro atoms. The first-order valence-corrected chi connectivity index (χ1v) is 2.97. The Hall–Kier alpha value is -0.750. The molecule has 77 valence electrons. The number of hydrogen-bond donors (Lipinski definition) is 0. The molecular formula is C6H4F7. The van der Waals surface area contributed by atoms with Gasteiger partial charge in [-0.1, -0.05) is 0 Å². The van der Waals surface area contributed by atoms with Crippen LogP contribution in [0.5, 0.6) is 0 Å². The highest BCUT2D eigenvalue weighted by molar-refractivity contribution is 5.18. The lowest BCUT2D eigenvalue weighted by Crippen LogP contribution is -2.29. The lowest BCUT2D eigenvalue weighted by Gasteiger charge is -2.15. The molecule has 0 fully saturated rings. The fraction of sp³-hybridized carbons (Fsp3) is 0.500. The zero-order valence-corrected chi connectivity index (χ0v) is 6.22. The summed E-state index contributed by atoms with van der Waals surface area (Å²) in [6.07, 6.45) is -6.34. The Morgan fingerprint density at radius 2 is 1.46 bits per heavy atom. The van der Waals surface area contributed by atoms with E-state index < -0.39 is 30.2 Å². The van der Waals surface area contributed by atoms with E-state index in [1.807, 2.05) is 0 Å². The Kier molecular flexibility index (Phi) is 3.74. The van der Waals surface area contributed by atoms with Crippen LogP contribution in [0.3, 0.4) is 0 Å². The molecule has 0 bridgehead atoms. The second-order valence-electron chi connectivity index (χ2n) is 2.13. The van der Waals surface area contributed by atoms with Crippen molar-refractivity contribution in [2.45, 2.75) is 19.0 Å². The molecule has 0 aromatic carbocycles. The van der Waals surface area contributed by atoms with Crippen LogP contribution in [0.4, 0.5) is 30.7 Å². The second-order valence-corrected chi connectivity index (χ2v) is 2.13. The van der Waals surface area contributed by atoms with Crippen molar-refractivity contribution >= 4 is 0 Å². The van der Waals surface area contributed by atoms with Crippen LogP contribution >= 0.6 is 0 Å². The molecule has 0 aliphatic heterocycles. The molecule has 0 aliphatic carbocycles. The quantitative estimate of drug-likeness (QED) is 0.623. The highest BCUT2D eigenvalue weighted by Gasteiger charge is 2.46. The van der Waals surface area contributed by atoms with Crippen molar-refractivity contribution < 1.29 is 30.7 Å². The third-order valence-corrected chi connectivity index (χ3v) is 1.15. The monoisotopic (exact) mass is 209 g/mol. The minimum atomic E-state index is -4.87. The first kappa shape index (κ1) is 12.2. The van der Waals surface area contributed by atoms with Gasteiger partial charge in [-0.15, -0.1) is 0 Å². The minimum Gasteiger partial charge on any atom is -0.241 e. The number of halogens is 7. The van der Waals surface area contributed by atoms with Crippen LogP contribution in [0.2, 0.25) is 0 Å². The van der Waals surface area contributed by atoms with Crippen molar-refractivity contribution in [1.82, 2.24) is 0 Å². The Balaban J connectivity index is 4.96. The summed E-state index contributed by atoms with van der Waals surface area (Å²) in [5.74, 6) is -11.0. The van der Waals surface area contributed by atoms with Crippen LogP contribution < -0.4 is 0 Å². The predicted molar refractivity (Wildman–Crippen MR) is 30.2 cm³/mol. The lowest BCUT2D eigenvalue weighted by atomic mass is 10.2. The van der Waals surface area contributed by atoms with Crippen LogP contribution in [0.25, 0.3) is 0 Å². The SMILES string of the molecule is CC(F)C(F)(F)C(F)=C(F)[C](F)F. The average Bonchev–Trinajstić information content (AvgIpc) is 2.01. The molecule has 0 N–H and O–H groups in total. The summed E-state index contributed by atoms with van der Waals surface area (Å²) < 4.78 is 82.7. The molecule has 13 heavy (non-hydrogen) atoms. The highest BCUT2D eigenvalue weighted by atomic mass is 19.3. The van der Waals surface area contributed by atoms with Gasteiger partial charge in [0.1, 0.15) is 0 Å². The maximum Gasteiger partial charge on any atom is 0.370 e. The average molecular weight is 209 g/mol. The number of allylic oxidation sites excluding steroid dienone is 2. The topological polar surface area (TPSA) is 0 Å². The maximum absolute atomic E-state index is 12.2. The van der Waals surface area contributed by atoms with Crippen molar-refractivity contribution in [2.24, 2.45) is 0 Å². The normalized spacial score (nSPS) is 17.3. The van der Waals surface area contributed by atoms with Gasteiger partial charge in [0.25, 0.3) is 0 Å². The molecule has 1 unspecified atom stereocenters. The van der Waals surface area contributed by atoms with E-state index in [9.17, 15) is 30.7 Å². The van der Waals surface area contributed by atoms with Crippen molar-refractivity contribution in [1.29, 1.82) is 0 Å². The third-order valence-electron chi connectivity index (χ3n) is 1.15. The van der Waals surface area contributed by atoms with Gasteiger partial charge in [0.2, 0.25) is 11.7 Å². The molecule has 1 atom stereocenters. The summed E-state index contributed by atoms with van der Waals surface area (Å²) >= 11 is 0. The Morgan fingerprint density at radius 1 is 1.08 bits per heavy atom. The predicted octanol–water partition coefficient (Wildman–Crippen LogP) is 3.56. The van der Waals surface area contributed by atoms with Crippen LogP contribution in [0.15, 0.2) is 11.7 Å². The first-order valence-electron chi connectivity index (χ1n) is 2.97. The van der Waals surface area contributed by atoms with E-state index in [1.165, 1.54) is 0 Å². The zero-order chi connectivity index (χ0) is 10.8. The molecule has 0 nitrogen and oxygen atoms in total. The van der Waals surface area contributed by atoms with Gasteiger partial charge in [0, 0.05) is 0 Å². The van der Waals surface area contributed by atoms with Gasteiger partial charge in [-0.05, 0) is 6.92 Å². The van der Waals surface area contributed by atoms with Crippen molar-refractivity contribution in [2.75, 3.05) is 0 Å². The highest BCUT2D eigenvalue weighted by Crippen LogP contribution is 2.36. The van der Waals surface area contributed by atoms with E-state index in [-0.39, 0.29) is 6.92 Å². The summed E-state index contributed by atoms with van der Waals surface area (Å²) in [5, 5.41) is 0. The van der Waals surface area contributed by atoms with Crippen LogP contribution in [0, 0.1) is 6.43 Å². The number of alkyl halides is 3. The largest absolute Gasteiger partial charge is 0.370 e. The molecule has 0 saturated heterocycles. The molecule has 0 heterocycles. The second kappa shape index (κ2) is 3.97. The fourth-order valence-corrected chi connectivity index (χ4v) is 0.404. The number of hydrogen-bond acceptors (Lipinski definition) is 0.